The highest BCUT2D eigenvalue weighted by Gasteiger charge is 2.59. The Kier molecular flexibility index (Phi) is 5.08. The second-order valence-electron chi connectivity index (χ2n) is 7.78. The summed E-state index contributed by atoms with van der Waals surface area (Å²) in [5, 5.41) is 13.6. The minimum Gasteiger partial charge on any atom is -0.387 e. The van der Waals surface area contributed by atoms with Crippen molar-refractivity contribution in [2.45, 2.75) is 51.7 Å². The van der Waals surface area contributed by atoms with E-state index < -0.39 is 11.0 Å². The first-order valence-electron chi connectivity index (χ1n) is 9.31. The highest BCUT2D eigenvalue weighted by Crippen LogP contribution is 2.50. The topological polar surface area (TPSA) is 78.9 Å². The van der Waals surface area contributed by atoms with Crippen molar-refractivity contribution in [2.24, 2.45) is 5.41 Å². The van der Waals surface area contributed by atoms with Crippen LogP contribution in [-0.4, -0.2) is 48.3 Å². The van der Waals surface area contributed by atoms with Gasteiger partial charge in [-0.1, -0.05) is 13.8 Å². The number of nitrogens with zero attached hydrogens (tertiary/aromatic N) is 1. The summed E-state index contributed by atoms with van der Waals surface area (Å²) in [6.45, 7) is 7.40. The van der Waals surface area contributed by atoms with Gasteiger partial charge in [-0.2, -0.15) is 0 Å². The van der Waals surface area contributed by atoms with Crippen LogP contribution in [0.3, 0.4) is 0 Å². The Morgan fingerprint density at radius 1 is 1.35 bits per heavy atom. The molecule has 2 atom stereocenters. The van der Waals surface area contributed by atoms with Gasteiger partial charge in [0.25, 0.3) is 5.91 Å². The van der Waals surface area contributed by atoms with Crippen molar-refractivity contribution in [1.82, 2.24) is 5.32 Å². The number of hydrogen-bond acceptors (Lipinski definition) is 4. The van der Waals surface area contributed by atoms with Gasteiger partial charge in [-0.25, -0.2) is 0 Å². The molecule has 1 aliphatic carbocycles. The molecular weight excluding hydrogens is 332 g/mol. The number of anilines is 1. The average Bonchev–Trinajstić information content (AvgIpc) is 3.05. The SMILES string of the molecule is CCOC1CC(O)(CNC(=O)c2ccc(N3CCCC3=O)cc2)C1(C)C. The van der Waals surface area contributed by atoms with Crippen LogP contribution in [-0.2, 0) is 9.53 Å². The van der Waals surface area contributed by atoms with Gasteiger partial charge < -0.3 is 20.1 Å². The fraction of sp³-hybridized carbons (Fsp3) is 0.600. The van der Waals surface area contributed by atoms with E-state index in [1.807, 2.05) is 20.8 Å². The molecule has 2 aliphatic rings. The second-order valence-corrected chi connectivity index (χ2v) is 7.78. The number of carbonyl (C=O) groups is 2. The van der Waals surface area contributed by atoms with Crippen molar-refractivity contribution in [3.05, 3.63) is 29.8 Å². The molecule has 3 rings (SSSR count). The van der Waals surface area contributed by atoms with Crippen molar-refractivity contribution in [3.63, 3.8) is 0 Å². The van der Waals surface area contributed by atoms with Gasteiger partial charge in [-0.15, -0.1) is 0 Å². The largest absolute Gasteiger partial charge is 0.387 e. The Morgan fingerprint density at radius 2 is 2.04 bits per heavy atom. The minimum atomic E-state index is -0.968. The molecule has 2 N–H and O–H groups in total. The van der Waals surface area contributed by atoms with Crippen LogP contribution in [0, 0.1) is 5.41 Å². The molecule has 0 spiro atoms. The summed E-state index contributed by atoms with van der Waals surface area (Å²) in [5.41, 5.74) is -0.0365. The lowest BCUT2D eigenvalue weighted by Gasteiger charge is -2.57. The molecule has 2 fully saturated rings. The molecule has 0 bridgehead atoms. The van der Waals surface area contributed by atoms with Crippen molar-refractivity contribution in [2.75, 3.05) is 24.6 Å². The number of hydrogen-bond donors (Lipinski definition) is 2. The van der Waals surface area contributed by atoms with Gasteiger partial charge in [0.2, 0.25) is 5.91 Å². The molecule has 0 radical (unpaired) electrons. The van der Waals surface area contributed by atoms with Gasteiger partial charge in [0, 0.05) is 49.2 Å². The molecule has 1 saturated carbocycles. The fourth-order valence-corrected chi connectivity index (χ4v) is 3.80. The molecule has 0 aromatic heterocycles. The summed E-state index contributed by atoms with van der Waals surface area (Å²) < 4.78 is 5.65. The number of rotatable bonds is 6. The monoisotopic (exact) mass is 360 g/mol. The average molecular weight is 360 g/mol. The van der Waals surface area contributed by atoms with E-state index >= 15 is 0 Å². The van der Waals surface area contributed by atoms with Crippen LogP contribution in [0.5, 0.6) is 0 Å². The molecule has 6 heteroatoms. The number of aliphatic hydroxyl groups is 1. The smallest absolute Gasteiger partial charge is 0.251 e. The molecule has 1 aliphatic heterocycles. The van der Waals surface area contributed by atoms with Gasteiger partial charge in [-0.05, 0) is 37.6 Å². The van der Waals surface area contributed by atoms with E-state index in [1.54, 1.807) is 29.2 Å². The highest BCUT2D eigenvalue weighted by molar-refractivity contribution is 5.97. The Morgan fingerprint density at radius 3 is 2.58 bits per heavy atom. The summed E-state index contributed by atoms with van der Waals surface area (Å²) in [7, 11) is 0. The first-order valence-corrected chi connectivity index (χ1v) is 9.31. The lowest BCUT2D eigenvalue weighted by atomic mass is 9.56. The van der Waals surface area contributed by atoms with Gasteiger partial charge in [0.1, 0.15) is 0 Å². The van der Waals surface area contributed by atoms with Crippen molar-refractivity contribution < 1.29 is 19.4 Å². The van der Waals surface area contributed by atoms with Crippen LogP contribution < -0.4 is 10.2 Å². The maximum atomic E-state index is 12.4. The normalized spacial score (nSPS) is 27.3. The first kappa shape index (κ1) is 18.9. The highest BCUT2D eigenvalue weighted by atomic mass is 16.5. The standard InChI is InChI=1S/C20H28N2O4/c1-4-26-16-12-20(25,19(16,2)3)13-21-18(24)14-7-9-15(10-8-14)22-11-5-6-17(22)23/h7-10,16,25H,4-6,11-13H2,1-3H3,(H,21,24). The van der Waals surface area contributed by atoms with E-state index in [9.17, 15) is 14.7 Å². The molecule has 1 aromatic rings. The second kappa shape index (κ2) is 7.00. The number of carbonyl (C=O) groups excluding carboxylic acids is 2. The summed E-state index contributed by atoms with van der Waals surface area (Å²) in [6, 6.07) is 7.03. The zero-order valence-corrected chi connectivity index (χ0v) is 15.7. The lowest BCUT2D eigenvalue weighted by molar-refractivity contribution is -0.237. The molecule has 2 amide bonds. The Bertz CT molecular complexity index is 686. The third-order valence-corrected chi connectivity index (χ3v) is 5.95. The van der Waals surface area contributed by atoms with Gasteiger partial charge in [-0.3, -0.25) is 9.59 Å². The Balaban J connectivity index is 1.58. The van der Waals surface area contributed by atoms with Crippen LogP contribution in [0.1, 0.15) is 50.4 Å². The number of benzene rings is 1. The number of nitrogens with one attached hydrogen (secondary N) is 1. The number of ether oxygens (including phenoxy) is 1. The van der Waals surface area contributed by atoms with E-state index in [-0.39, 0.29) is 24.5 Å². The van der Waals surface area contributed by atoms with Gasteiger partial charge in [0.05, 0.1) is 11.7 Å². The Hall–Kier alpha value is -1.92. The Labute approximate surface area is 154 Å². The third kappa shape index (κ3) is 3.23. The van der Waals surface area contributed by atoms with Gasteiger partial charge in [0.15, 0.2) is 0 Å². The van der Waals surface area contributed by atoms with Crippen LogP contribution in [0.15, 0.2) is 24.3 Å². The van der Waals surface area contributed by atoms with Crippen LogP contribution in [0.2, 0.25) is 0 Å². The molecular formula is C20H28N2O4. The van der Waals surface area contributed by atoms with Gasteiger partial charge >= 0.3 is 0 Å². The van der Waals surface area contributed by atoms with Crippen molar-refractivity contribution >= 4 is 17.5 Å². The predicted molar refractivity (Wildman–Crippen MR) is 99.1 cm³/mol. The fourth-order valence-electron chi connectivity index (χ4n) is 3.80. The summed E-state index contributed by atoms with van der Waals surface area (Å²) in [6.07, 6.45) is 1.98. The number of amides is 2. The molecule has 1 aromatic carbocycles. The molecule has 142 valence electrons. The summed E-state index contributed by atoms with van der Waals surface area (Å²) >= 11 is 0. The molecule has 1 heterocycles. The van der Waals surface area contributed by atoms with E-state index in [2.05, 4.69) is 5.32 Å². The maximum absolute atomic E-state index is 12.4. The lowest BCUT2D eigenvalue weighted by Crippen LogP contribution is -2.68. The zero-order valence-electron chi connectivity index (χ0n) is 15.7. The molecule has 26 heavy (non-hydrogen) atoms. The van der Waals surface area contributed by atoms with E-state index in [0.717, 1.165) is 18.7 Å². The van der Waals surface area contributed by atoms with Crippen LogP contribution in [0.25, 0.3) is 0 Å². The first-order chi connectivity index (χ1) is 12.3. The molecule has 6 nitrogen and oxygen atoms in total. The predicted octanol–water partition coefficient (Wildman–Crippen LogP) is 2.11. The van der Waals surface area contributed by atoms with E-state index in [0.29, 0.717) is 25.0 Å². The van der Waals surface area contributed by atoms with E-state index in [1.165, 1.54) is 0 Å². The molecule has 2 unspecified atom stereocenters. The van der Waals surface area contributed by atoms with Crippen molar-refractivity contribution in [3.8, 4) is 0 Å². The minimum absolute atomic E-state index is 0.00619. The van der Waals surface area contributed by atoms with Crippen LogP contribution in [0.4, 0.5) is 5.69 Å². The van der Waals surface area contributed by atoms with Crippen molar-refractivity contribution in [1.29, 1.82) is 0 Å². The quantitative estimate of drug-likeness (QED) is 0.814. The molecule has 1 saturated heterocycles. The third-order valence-electron chi connectivity index (χ3n) is 5.95. The van der Waals surface area contributed by atoms with E-state index in [4.69, 9.17) is 4.74 Å². The summed E-state index contributed by atoms with van der Waals surface area (Å²) in [4.78, 5) is 25.9. The van der Waals surface area contributed by atoms with Crippen LogP contribution >= 0.6 is 0 Å². The zero-order chi connectivity index (χ0) is 18.9. The maximum Gasteiger partial charge on any atom is 0.251 e. The summed E-state index contributed by atoms with van der Waals surface area (Å²) in [5.74, 6) is -0.103.